The molecule has 1 aromatic heterocycles. The second-order valence-electron chi connectivity index (χ2n) is 6.81. The number of hydrogen-bond donors (Lipinski definition) is 0. The zero-order valence-corrected chi connectivity index (χ0v) is 14.2. The molecule has 2 bridgehead atoms. The Balaban J connectivity index is 1.40. The maximum Gasteiger partial charge on any atom is 0.410 e. The molecule has 2 aromatic rings. The lowest BCUT2D eigenvalue weighted by Gasteiger charge is -2.33. The number of fused-ring (bicyclic) bond motifs is 2. The summed E-state index contributed by atoms with van der Waals surface area (Å²) < 4.78 is 5.55. The molecule has 25 heavy (non-hydrogen) atoms. The van der Waals surface area contributed by atoms with E-state index in [1.165, 1.54) is 11.1 Å². The molecule has 0 aliphatic carbocycles. The van der Waals surface area contributed by atoms with Crippen molar-refractivity contribution in [2.75, 3.05) is 0 Å². The van der Waals surface area contributed by atoms with Gasteiger partial charge in [-0.05, 0) is 48.9 Å². The topological polar surface area (TPSA) is 42.4 Å². The average Bonchev–Trinajstić information content (AvgIpc) is 2.92. The molecule has 1 aromatic carbocycles. The van der Waals surface area contributed by atoms with Gasteiger partial charge in [-0.25, -0.2) is 4.79 Å². The molecule has 4 nitrogen and oxygen atoms in total. The number of benzene rings is 1. The summed E-state index contributed by atoms with van der Waals surface area (Å²) in [5, 5.41) is 0. The van der Waals surface area contributed by atoms with Gasteiger partial charge < -0.3 is 4.74 Å². The highest BCUT2D eigenvalue weighted by Crippen LogP contribution is 2.36. The molecule has 1 saturated heterocycles. The van der Waals surface area contributed by atoms with Gasteiger partial charge in [-0.2, -0.15) is 0 Å². The maximum absolute atomic E-state index is 12.6. The van der Waals surface area contributed by atoms with Gasteiger partial charge in [-0.15, -0.1) is 0 Å². The second kappa shape index (κ2) is 7.09. The summed E-state index contributed by atoms with van der Waals surface area (Å²) in [6.45, 7) is 0.337. The highest BCUT2D eigenvalue weighted by molar-refractivity contribution is 5.70. The second-order valence-corrected chi connectivity index (χ2v) is 6.81. The highest BCUT2D eigenvalue weighted by Gasteiger charge is 2.40. The fourth-order valence-electron chi connectivity index (χ4n) is 3.89. The van der Waals surface area contributed by atoms with E-state index in [4.69, 9.17) is 4.74 Å². The summed E-state index contributed by atoms with van der Waals surface area (Å²) in [5.74, 6) is 0. The van der Waals surface area contributed by atoms with Crippen LogP contribution in [0.3, 0.4) is 0 Å². The van der Waals surface area contributed by atoms with Crippen molar-refractivity contribution in [1.82, 2.24) is 9.88 Å². The van der Waals surface area contributed by atoms with Crippen molar-refractivity contribution < 1.29 is 9.53 Å². The van der Waals surface area contributed by atoms with Crippen LogP contribution in [0, 0.1) is 0 Å². The predicted molar refractivity (Wildman–Crippen MR) is 95.9 cm³/mol. The molecule has 0 N–H and O–H groups in total. The van der Waals surface area contributed by atoms with Gasteiger partial charge in [0.15, 0.2) is 0 Å². The summed E-state index contributed by atoms with van der Waals surface area (Å²) in [4.78, 5) is 18.6. The molecule has 1 fully saturated rings. The van der Waals surface area contributed by atoms with Gasteiger partial charge in [-0.3, -0.25) is 9.88 Å². The average molecular weight is 334 g/mol. The first-order valence-corrected chi connectivity index (χ1v) is 8.87. The van der Waals surface area contributed by atoms with Crippen molar-refractivity contribution in [3.8, 4) is 0 Å². The third kappa shape index (κ3) is 3.58. The third-order valence-electron chi connectivity index (χ3n) is 5.07. The fraction of sp³-hybridized carbons (Fsp3) is 0.333. The SMILES string of the molecule is O=C(OCc1ccccc1)N1C2C=C(Cc3ccncc3)CC1CC2. The first-order valence-electron chi connectivity index (χ1n) is 8.87. The monoisotopic (exact) mass is 334 g/mol. The van der Waals surface area contributed by atoms with Crippen LogP contribution in [-0.2, 0) is 17.8 Å². The number of rotatable bonds is 4. The number of ether oxygens (including phenoxy) is 1. The van der Waals surface area contributed by atoms with Gasteiger partial charge in [-0.1, -0.05) is 42.0 Å². The Bertz CT molecular complexity index is 758. The van der Waals surface area contributed by atoms with E-state index in [9.17, 15) is 4.79 Å². The standard InChI is InChI=1S/C21H22N2O2/c24-21(25-15-17-4-2-1-3-5-17)23-19-6-7-20(23)14-18(13-19)12-16-8-10-22-11-9-16/h1-5,8-11,13,19-20H,6-7,12,14-15H2. The molecule has 2 atom stereocenters. The third-order valence-corrected chi connectivity index (χ3v) is 5.07. The summed E-state index contributed by atoms with van der Waals surface area (Å²) in [6, 6.07) is 14.4. The van der Waals surface area contributed by atoms with Gasteiger partial charge >= 0.3 is 6.09 Å². The number of amides is 1. The lowest BCUT2D eigenvalue weighted by molar-refractivity contribution is 0.0816. The Labute approximate surface area is 148 Å². The van der Waals surface area contributed by atoms with Crippen LogP contribution in [0.15, 0.2) is 66.5 Å². The normalized spacial score (nSPS) is 21.8. The molecule has 4 heteroatoms. The van der Waals surface area contributed by atoms with Crippen molar-refractivity contribution in [1.29, 1.82) is 0 Å². The minimum atomic E-state index is -0.185. The fourth-order valence-corrected chi connectivity index (χ4v) is 3.89. The Morgan fingerprint density at radius 1 is 1.08 bits per heavy atom. The number of carbonyl (C=O) groups excluding carboxylic acids is 1. The molecular formula is C21H22N2O2. The Hall–Kier alpha value is -2.62. The van der Waals surface area contributed by atoms with Gasteiger partial charge in [0.1, 0.15) is 6.61 Å². The number of aromatic nitrogens is 1. The molecule has 0 saturated carbocycles. The molecular weight excluding hydrogens is 312 g/mol. The lowest BCUT2D eigenvalue weighted by Crippen LogP contribution is -2.43. The molecule has 0 spiro atoms. The van der Waals surface area contributed by atoms with Crippen molar-refractivity contribution >= 4 is 6.09 Å². The van der Waals surface area contributed by atoms with E-state index in [0.29, 0.717) is 6.61 Å². The Morgan fingerprint density at radius 3 is 2.64 bits per heavy atom. The summed E-state index contributed by atoms with van der Waals surface area (Å²) in [5.41, 5.74) is 3.72. The number of nitrogens with zero attached hydrogens (tertiary/aromatic N) is 2. The van der Waals surface area contributed by atoms with Crippen molar-refractivity contribution in [2.24, 2.45) is 0 Å². The zero-order valence-electron chi connectivity index (χ0n) is 14.2. The van der Waals surface area contributed by atoms with E-state index in [1.54, 1.807) is 0 Å². The highest BCUT2D eigenvalue weighted by atomic mass is 16.6. The molecule has 2 aliphatic rings. The molecule has 1 amide bonds. The van der Waals surface area contributed by atoms with Crippen molar-refractivity contribution in [2.45, 2.75) is 44.4 Å². The Morgan fingerprint density at radius 2 is 1.88 bits per heavy atom. The molecule has 2 unspecified atom stereocenters. The van der Waals surface area contributed by atoms with Crippen molar-refractivity contribution in [3.05, 3.63) is 77.6 Å². The summed E-state index contributed by atoms with van der Waals surface area (Å²) in [7, 11) is 0. The quantitative estimate of drug-likeness (QED) is 0.790. The number of carbonyl (C=O) groups is 1. The van der Waals surface area contributed by atoms with E-state index in [-0.39, 0.29) is 18.2 Å². The van der Waals surface area contributed by atoms with Crippen LogP contribution in [0.5, 0.6) is 0 Å². The van der Waals surface area contributed by atoms with Crippen LogP contribution in [0.2, 0.25) is 0 Å². The van der Waals surface area contributed by atoms with Gasteiger partial charge in [0.2, 0.25) is 0 Å². The molecule has 128 valence electrons. The first-order chi connectivity index (χ1) is 12.3. The van der Waals surface area contributed by atoms with E-state index in [0.717, 1.165) is 31.2 Å². The van der Waals surface area contributed by atoms with Crippen LogP contribution >= 0.6 is 0 Å². The van der Waals surface area contributed by atoms with Crippen LogP contribution in [-0.4, -0.2) is 28.1 Å². The predicted octanol–water partition coefficient (Wildman–Crippen LogP) is 4.12. The van der Waals surface area contributed by atoms with Crippen LogP contribution < -0.4 is 0 Å². The maximum atomic E-state index is 12.6. The largest absolute Gasteiger partial charge is 0.445 e. The van der Waals surface area contributed by atoms with Crippen LogP contribution in [0.1, 0.15) is 30.4 Å². The summed E-state index contributed by atoms with van der Waals surface area (Å²) in [6.07, 6.45) is 9.73. The number of pyridine rings is 1. The summed E-state index contributed by atoms with van der Waals surface area (Å²) >= 11 is 0. The molecule has 2 aliphatic heterocycles. The minimum Gasteiger partial charge on any atom is -0.445 e. The van der Waals surface area contributed by atoms with Gasteiger partial charge in [0.25, 0.3) is 0 Å². The van der Waals surface area contributed by atoms with Crippen LogP contribution in [0.4, 0.5) is 4.79 Å². The molecule has 0 radical (unpaired) electrons. The zero-order chi connectivity index (χ0) is 17.1. The molecule has 3 heterocycles. The smallest absolute Gasteiger partial charge is 0.410 e. The van der Waals surface area contributed by atoms with Crippen LogP contribution in [0.25, 0.3) is 0 Å². The van der Waals surface area contributed by atoms with E-state index >= 15 is 0 Å². The Kier molecular flexibility index (Phi) is 4.51. The first kappa shape index (κ1) is 15.9. The van der Waals surface area contributed by atoms with E-state index in [2.05, 4.69) is 23.2 Å². The van der Waals surface area contributed by atoms with E-state index < -0.39 is 0 Å². The lowest BCUT2D eigenvalue weighted by atomic mass is 9.96. The van der Waals surface area contributed by atoms with E-state index in [1.807, 2.05) is 47.6 Å². The van der Waals surface area contributed by atoms with Crippen molar-refractivity contribution in [3.63, 3.8) is 0 Å². The molecule has 4 rings (SSSR count). The number of hydrogen-bond acceptors (Lipinski definition) is 3. The van der Waals surface area contributed by atoms with Gasteiger partial charge in [0, 0.05) is 18.4 Å². The van der Waals surface area contributed by atoms with Gasteiger partial charge in [0.05, 0.1) is 6.04 Å². The minimum absolute atomic E-state index is 0.180.